The van der Waals surface area contributed by atoms with E-state index in [-0.39, 0.29) is 12.4 Å². The molecule has 2 heterocycles. The highest BCUT2D eigenvalue weighted by atomic mass is 35.5. The van der Waals surface area contributed by atoms with E-state index in [1.165, 1.54) is 19.4 Å². The van der Waals surface area contributed by atoms with Gasteiger partial charge < -0.3 is 5.32 Å². The molecule has 0 aliphatic carbocycles. The summed E-state index contributed by atoms with van der Waals surface area (Å²) >= 11 is 0. The quantitative estimate of drug-likeness (QED) is 0.873. The number of halogens is 1. The molecule has 1 aliphatic heterocycles. The molecule has 3 nitrogen and oxygen atoms in total. The Morgan fingerprint density at radius 2 is 2.38 bits per heavy atom. The van der Waals surface area contributed by atoms with Crippen molar-refractivity contribution < 1.29 is 0 Å². The van der Waals surface area contributed by atoms with Crippen molar-refractivity contribution in [3.05, 3.63) is 30.1 Å². The van der Waals surface area contributed by atoms with E-state index in [0.717, 1.165) is 18.8 Å². The lowest BCUT2D eigenvalue weighted by atomic mass is 10.1. The zero-order chi connectivity index (χ0) is 10.5. The summed E-state index contributed by atoms with van der Waals surface area (Å²) in [4.78, 5) is 6.75. The van der Waals surface area contributed by atoms with E-state index >= 15 is 0 Å². The second kappa shape index (κ2) is 6.84. The Morgan fingerprint density at radius 1 is 1.50 bits per heavy atom. The molecule has 90 valence electrons. The first-order valence-electron chi connectivity index (χ1n) is 5.67. The zero-order valence-electron chi connectivity index (χ0n) is 9.72. The fourth-order valence-electron chi connectivity index (χ4n) is 2.09. The average molecular weight is 242 g/mol. The summed E-state index contributed by atoms with van der Waals surface area (Å²) in [5.74, 6) is 0. The van der Waals surface area contributed by atoms with Crippen molar-refractivity contribution in [1.82, 2.24) is 15.2 Å². The lowest BCUT2D eigenvalue weighted by Gasteiger charge is -2.31. The third-order valence-corrected chi connectivity index (χ3v) is 3.03. The molecule has 1 atom stereocenters. The van der Waals surface area contributed by atoms with Crippen molar-refractivity contribution in [2.45, 2.75) is 25.4 Å². The van der Waals surface area contributed by atoms with Crippen LogP contribution in [-0.2, 0) is 6.54 Å². The standard InChI is InChI=1S/C12H19N3.ClH/c1-15(12-6-4-7-13-9-12)10-11-5-2-3-8-14-11;/h2-3,5,8,12-13H,4,6-7,9-10H2,1H3;1H/t12-;/m1./s1. The minimum atomic E-state index is 0. The summed E-state index contributed by atoms with van der Waals surface area (Å²) in [5.41, 5.74) is 1.16. The van der Waals surface area contributed by atoms with E-state index in [1.54, 1.807) is 0 Å². The van der Waals surface area contributed by atoms with E-state index < -0.39 is 0 Å². The fourth-order valence-corrected chi connectivity index (χ4v) is 2.09. The lowest BCUT2D eigenvalue weighted by molar-refractivity contribution is 0.194. The number of hydrogen-bond donors (Lipinski definition) is 1. The molecular weight excluding hydrogens is 222 g/mol. The van der Waals surface area contributed by atoms with Gasteiger partial charge in [-0.15, -0.1) is 12.4 Å². The first-order valence-corrected chi connectivity index (χ1v) is 5.67. The Bertz CT molecular complexity index is 286. The molecule has 0 aromatic carbocycles. The summed E-state index contributed by atoms with van der Waals surface area (Å²) in [6.45, 7) is 3.24. The summed E-state index contributed by atoms with van der Waals surface area (Å²) in [6, 6.07) is 6.77. The highest BCUT2D eigenvalue weighted by Crippen LogP contribution is 2.10. The SMILES string of the molecule is CN(Cc1ccccn1)[C@@H]1CCCNC1.Cl. The van der Waals surface area contributed by atoms with Gasteiger partial charge in [0.1, 0.15) is 0 Å². The van der Waals surface area contributed by atoms with E-state index in [2.05, 4.69) is 34.4 Å². The number of pyridine rings is 1. The van der Waals surface area contributed by atoms with Crippen molar-refractivity contribution in [1.29, 1.82) is 0 Å². The van der Waals surface area contributed by atoms with Crippen molar-refractivity contribution in [2.75, 3.05) is 20.1 Å². The van der Waals surface area contributed by atoms with Crippen LogP contribution in [0.4, 0.5) is 0 Å². The molecule has 1 saturated heterocycles. The molecule has 0 amide bonds. The predicted octanol–water partition coefficient (Wildman–Crippen LogP) is 1.69. The molecule has 2 rings (SSSR count). The number of likely N-dealkylation sites (N-methyl/N-ethyl adjacent to an activating group) is 1. The summed E-state index contributed by atoms with van der Waals surface area (Å²) in [5, 5.41) is 3.44. The molecule has 16 heavy (non-hydrogen) atoms. The lowest BCUT2D eigenvalue weighted by Crippen LogP contribution is -2.43. The second-order valence-corrected chi connectivity index (χ2v) is 4.24. The number of piperidine rings is 1. The van der Waals surface area contributed by atoms with Gasteiger partial charge in [-0.3, -0.25) is 9.88 Å². The highest BCUT2D eigenvalue weighted by molar-refractivity contribution is 5.85. The third kappa shape index (κ3) is 3.74. The average Bonchev–Trinajstić information content (AvgIpc) is 2.31. The van der Waals surface area contributed by atoms with Crippen LogP contribution < -0.4 is 5.32 Å². The minimum Gasteiger partial charge on any atom is -0.315 e. The Kier molecular flexibility index (Phi) is 5.74. The molecule has 1 aromatic heterocycles. The van der Waals surface area contributed by atoms with E-state index in [0.29, 0.717) is 6.04 Å². The van der Waals surface area contributed by atoms with E-state index in [9.17, 15) is 0 Å². The molecular formula is C12H20ClN3. The van der Waals surface area contributed by atoms with Gasteiger partial charge in [0.05, 0.1) is 5.69 Å². The number of nitrogens with zero attached hydrogens (tertiary/aromatic N) is 2. The number of rotatable bonds is 3. The van der Waals surface area contributed by atoms with Gasteiger partial charge in [-0.2, -0.15) is 0 Å². The molecule has 0 saturated carbocycles. The van der Waals surface area contributed by atoms with Crippen LogP contribution in [0.15, 0.2) is 24.4 Å². The summed E-state index contributed by atoms with van der Waals surface area (Å²) in [7, 11) is 2.19. The monoisotopic (exact) mass is 241 g/mol. The van der Waals surface area contributed by atoms with Crippen molar-refractivity contribution in [2.24, 2.45) is 0 Å². The van der Waals surface area contributed by atoms with Crippen LogP contribution in [0.1, 0.15) is 18.5 Å². The maximum absolute atomic E-state index is 4.35. The topological polar surface area (TPSA) is 28.2 Å². The maximum Gasteiger partial charge on any atom is 0.0543 e. The van der Waals surface area contributed by atoms with Gasteiger partial charge in [0.25, 0.3) is 0 Å². The maximum atomic E-state index is 4.35. The molecule has 4 heteroatoms. The van der Waals surface area contributed by atoms with E-state index in [1.807, 2.05) is 12.3 Å². The van der Waals surface area contributed by atoms with Crippen molar-refractivity contribution in [3.63, 3.8) is 0 Å². The van der Waals surface area contributed by atoms with Gasteiger partial charge in [0.15, 0.2) is 0 Å². The Hall–Kier alpha value is -0.640. The van der Waals surface area contributed by atoms with Gasteiger partial charge in [0, 0.05) is 25.3 Å². The van der Waals surface area contributed by atoms with Gasteiger partial charge in [-0.25, -0.2) is 0 Å². The van der Waals surface area contributed by atoms with Gasteiger partial charge in [0.2, 0.25) is 0 Å². The summed E-state index contributed by atoms with van der Waals surface area (Å²) in [6.07, 6.45) is 4.45. The molecule has 0 radical (unpaired) electrons. The number of aromatic nitrogens is 1. The fraction of sp³-hybridized carbons (Fsp3) is 0.583. The Balaban J connectivity index is 0.00000128. The largest absolute Gasteiger partial charge is 0.315 e. The smallest absolute Gasteiger partial charge is 0.0543 e. The van der Waals surface area contributed by atoms with Crippen LogP contribution in [0.25, 0.3) is 0 Å². The van der Waals surface area contributed by atoms with E-state index in [4.69, 9.17) is 0 Å². The first kappa shape index (κ1) is 13.4. The predicted molar refractivity (Wildman–Crippen MR) is 68.8 cm³/mol. The third-order valence-electron chi connectivity index (χ3n) is 3.03. The Labute approximate surface area is 104 Å². The van der Waals surface area contributed by atoms with Crippen LogP contribution in [0.3, 0.4) is 0 Å². The molecule has 0 bridgehead atoms. The molecule has 1 fully saturated rings. The minimum absolute atomic E-state index is 0. The van der Waals surface area contributed by atoms with Crippen LogP contribution in [-0.4, -0.2) is 36.1 Å². The molecule has 1 N–H and O–H groups in total. The molecule has 1 aliphatic rings. The first-order chi connectivity index (χ1) is 7.36. The normalized spacial score (nSPS) is 20.5. The number of nitrogens with one attached hydrogen (secondary N) is 1. The van der Waals surface area contributed by atoms with Crippen LogP contribution in [0.5, 0.6) is 0 Å². The Morgan fingerprint density at radius 3 is 3.00 bits per heavy atom. The van der Waals surface area contributed by atoms with Crippen LogP contribution in [0.2, 0.25) is 0 Å². The highest BCUT2D eigenvalue weighted by Gasteiger charge is 2.17. The zero-order valence-corrected chi connectivity index (χ0v) is 10.5. The van der Waals surface area contributed by atoms with Gasteiger partial charge in [-0.05, 0) is 38.6 Å². The number of hydrogen-bond acceptors (Lipinski definition) is 3. The molecule has 1 aromatic rings. The summed E-state index contributed by atoms with van der Waals surface area (Å²) < 4.78 is 0. The second-order valence-electron chi connectivity index (χ2n) is 4.24. The van der Waals surface area contributed by atoms with Crippen molar-refractivity contribution >= 4 is 12.4 Å². The van der Waals surface area contributed by atoms with Gasteiger partial charge in [-0.1, -0.05) is 6.07 Å². The van der Waals surface area contributed by atoms with Crippen LogP contribution >= 0.6 is 12.4 Å². The van der Waals surface area contributed by atoms with Crippen LogP contribution in [0, 0.1) is 0 Å². The molecule has 0 unspecified atom stereocenters. The molecule has 0 spiro atoms. The van der Waals surface area contributed by atoms with Gasteiger partial charge >= 0.3 is 0 Å². The van der Waals surface area contributed by atoms with Crippen molar-refractivity contribution in [3.8, 4) is 0 Å².